The minimum absolute atomic E-state index is 0. The summed E-state index contributed by atoms with van der Waals surface area (Å²) < 4.78 is 33.0. The molecule has 1 fully saturated rings. The molecule has 1 saturated heterocycles. The molecule has 156 valence electrons. The van der Waals surface area contributed by atoms with E-state index >= 15 is 0 Å². The number of morpholine rings is 1. The SMILES string of the molecule is CC1CN(S(=O)(=O)c2cccc(C(=O)NCC3=CCNCC3)c2)CC(C)O1.Cl. The van der Waals surface area contributed by atoms with E-state index in [0.29, 0.717) is 25.2 Å². The van der Waals surface area contributed by atoms with Gasteiger partial charge in [-0.25, -0.2) is 8.42 Å². The number of halogens is 1. The number of hydrogen-bond donors (Lipinski definition) is 2. The third-order valence-corrected chi connectivity index (χ3v) is 6.58. The fraction of sp³-hybridized carbons (Fsp3) is 0.526. The molecular weight excluding hydrogens is 402 g/mol. The zero-order valence-electron chi connectivity index (χ0n) is 16.2. The third kappa shape index (κ3) is 5.55. The number of nitrogens with one attached hydrogen (secondary N) is 2. The Hall–Kier alpha value is -1.45. The fourth-order valence-electron chi connectivity index (χ4n) is 3.40. The molecule has 0 aliphatic carbocycles. The minimum atomic E-state index is -3.67. The van der Waals surface area contributed by atoms with Crippen molar-refractivity contribution in [1.29, 1.82) is 0 Å². The van der Waals surface area contributed by atoms with Gasteiger partial charge in [-0.1, -0.05) is 17.7 Å². The Morgan fingerprint density at radius 3 is 2.64 bits per heavy atom. The van der Waals surface area contributed by atoms with Crippen LogP contribution in [0.25, 0.3) is 0 Å². The van der Waals surface area contributed by atoms with Crippen molar-refractivity contribution >= 4 is 28.3 Å². The lowest BCUT2D eigenvalue weighted by Gasteiger charge is -2.34. The van der Waals surface area contributed by atoms with Crippen LogP contribution in [0.1, 0.15) is 30.6 Å². The average Bonchev–Trinajstić information content (AvgIpc) is 2.66. The molecule has 7 nitrogen and oxygen atoms in total. The first-order valence-electron chi connectivity index (χ1n) is 9.29. The number of carbonyl (C=O) groups excluding carboxylic acids is 1. The molecule has 9 heteroatoms. The molecule has 0 spiro atoms. The maximum atomic E-state index is 13.0. The van der Waals surface area contributed by atoms with Crippen LogP contribution in [0.2, 0.25) is 0 Å². The van der Waals surface area contributed by atoms with Crippen molar-refractivity contribution in [3.63, 3.8) is 0 Å². The highest BCUT2D eigenvalue weighted by Crippen LogP contribution is 2.22. The van der Waals surface area contributed by atoms with Gasteiger partial charge in [0.25, 0.3) is 5.91 Å². The van der Waals surface area contributed by atoms with Gasteiger partial charge in [-0.3, -0.25) is 4.79 Å². The summed E-state index contributed by atoms with van der Waals surface area (Å²) >= 11 is 0. The van der Waals surface area contributed by atoms with Crippen molar-refractivity contribution in [1.82, 2.24) is 14.9 Å². The van der Waals surface area contributed by atoms with Crippen LogP contribution >= 0.6 is 12.4 Å². The summed E-state index contributed by atoms with van der Waals surface area (Å²) in [5, 5.41) is 6.10. The molecule has 2 N–H and O–H groups in total. The second kappa shape index (κ2) is 9.84. The van der Waals surface area contributed by atoms with Gasteiger partial charge in [0.15, 0.2) is 0 Å². The van der Waals surface area contributed by atoms with E-state index in [1.807, 2.05) is 13.8 Å². The zero-order valence-corrected chi connectivity index (χ0v) is 17.8. The summed E-state index contributed by atoms with van der Waals surface area (Å²) in [7, 11) is -3.67. The molecule has 0 radical (unpaired) electrons. The lowest BCUT2D eigenvalue weighted by atomic mass is 10.1. The maximum absolute atomic E-state index is 13.0. The van der Waals surface area contributed by atoms with Crippen molar-refractivity contribution in [2.24, 2.45) is 0 Å². The van der Waals surface area contributed by atoms with Gasteiger partial charge in [-0.05, 0) is 45.0 Å². The van der Waals surface area contributed by atoms with Gasteiger partial charge < -0.3 is 15.4 Å². The molecule has 2 unspecified atom stereocenters. The summed E-state index contributed by atoms with van der Waals surface area (Å²) in [6, 6.07) is 6.23. The van der Waals surface area contributed by atoms with E-state index in [9.17, 15) is 13.2 Å². The molecule has 2 heterocycles. The van der Waals surface area contributed by atoms with Gasteiger partial charge in [0, 0.05) is 31.7 Å². The summed E-state index contributed by atoms with van der Waals surface area (Å²) in [5.74, 6) is -0.268. The first-order valence-corrected chi connectivity index (χ1v) is 10.7. The molecule has 28 heavy (non-hydrogen) atoms. The second-order valence-electron chi connectivity index (χ2n) is 7.11. The molecule has 2 atom stereocenters. The topological polar surface area (TPSA) is 87.7 Å². The van der Waals surface area contributed by atoms with Crippen molar-refractivity contribution in [2.75, 3.05) is 32.7 Å². The maximum Gasteiger partial charge on any atom is 0.251 e. The van der Waals surface area contributed by atoms with Gasteiger partial charge in [0.2, 0.25) is 10.0 Å². The third-order valence-electron chi connectivity index (χ3n) is 4.75. The summed E-state index contributed by atoms with van der Waals surface area (Å²) in [4.78, 5) is 12.6. The van der Waals surface area contributed by atoms with Gasteiger partial charge in [0.1, 0.15) is 0 Å². The van der Waals surface area contributed by atoms with Crippen LogP contribution in [0, 0.1) is 0 Å². The molecule has 1 amide bonds. The second-order valence-corrected chi connectivity index (χ2v) is 9.04. The first kappa shape index (κ1) is 22.8. The number of rotatable bonds is 5. The molecule has 3 rings (SSSR count). The Balaban J connectivity index is 0.00000280. The van der Waals surface area contributed by atoms with Crippen LogP contribution in [0.3, 0.4) is 0 Å². The number of ether oxygens (including phenoxy) is 1. The van der Waals surface area contributed by atoms with Crippen LogP contribution in [-0.4, -0.2) is 63.6 Å². The van der Waals surface area contributed by atoms with Crippen molar-refractivity contribution in [3.8, 4) is 0 Å². The number of benzene rings is 1. The Labute approximate surface area is 173 Å². The van der Waals surface area contributed by atoms with E-state index in [0.717, 1.165) is 19.5 Å². The van der Waals surface area contributed by atoms with Crippen LogP contribution in [0.5, 0.6) is 0 Å². The largest absolute Gasteiger partial charge is 0.373 e. The number of amides is 1. The van der Waals surface area contributed by atoms with Gasteiger partial charge >= 0.3 is 0 Å². The number of hydrogen-bond acceptors (Lipinski definition) is 5. The average molecular weight is 430 g/mol. The highest BCUT2D eigenvalue weighted by atomic mass is 35.5. The van der Waals surface area contributed by atoms with Gasteiger partial charge in [-0.15, -0.1) is 12.4 Å². The van der Waals surface area contributed by atoms with Crippen molar-refractivity contribution in [3.05, 3.63) is 41.5 Å². The van der Waals surface area contributed by atoms with E-state index in [1.54, 1.807) is 12.1 Å². The Morgan fingerprint density at radius 1 is 1.29 bits per heavy atom. The van der Waals surface area contributed by atoms with E-state index in [-0.39, 0.29) is 35.4 Å². The lowest BCUT2D eigenvalue weighted by molar-refractivity contribution is -0.0440. The van der Waals surface area contributed by atoms with Gasteiger partial charge in [0.05, 0.1) is 17.1 Å². The molecule has 0 saturated carbocycles. The number of carbonyl (C=O) groups is 1. The molecule has 0 bridgehead atoms. The monoisotopic (exact) mass is 429 g/mol. The fourth-order valence-corrected chi connectivity index (χ4v) is 5.04. The standard InChI is InChI=1S/C19H27N3O4S.ClH/c1-14-12-22(13-15(2)26-14)27(24,25)18-5-3-4-17(10-18)19(23)21-11-16-6-8-20-9-7-16;/h3-6,10,14-15,20H,7-9,11-13H2,1-2H3,(H,21,23);1H. The van der Waals surface area contributed by atoms with E-state index in [2.05, 4.69) is 16.7 Å². The van der Waals surface area contributed by atoms with Crippen molar-refractivity contribution in [2.45, 2.75) is 37.4 Å². The highest BCUT2D eigenvalue weighted by Gasteiger charge is 2.32. The van der Waals surface area contributed by atoms with Crippen LogP contribution in [-0.2, 0) is 14.8 Å². The number of nitrogens with zero attached hydrogens (tertiary/aromatic N) is 1. The summed E-state index contributed by atoms with van der Waals surface area (Å²) in [6.45, 7) is 6.54. The van der Waals surface area contributed by atoms with Crippen molar-refractivity contribution < 1.29 is 17.9 Å². The van der Waals surface area contributed by atoms with E-state index < -0.39 is 10.0 Å². The number of sulfonamides is 1. The van der Waals surface area contributed by atoms with Crippen LogP contribution < -0.4 is 10.6 Å². The normalized spacial score (nSPS) is 23.4. The van der Waals surface area contributed by atoms with Crippen LogP contribution in [0.15, 0.2) is 40.8 Å². The lowest BCUT2D eigenvalue weighted by Crippen LogP contribution is -2.48. The zero-order chi connectivity index (χ0) is 19.4. The van der Waals surface area contributed by atoms with E-state index in [4.69, 9.17) is 4.74 Å². The minimum Gasteiger partial charge on any atom is -0.373 e. The van der Waals surface area contributed by atoms with Gasteiger partial charge in [-0.2, -0.15) is 4.31 Å². The highest BCUT2D eigenvalue weighted by molar-refractivity contribution is 7.89. The van der Waals surface area contributed by atoms with E-state index in [1.165, 1.54) is 22.0 Å². The molecule has 0 aromatic heterocycles. The molecule has 2 aliphatic rings. The molecule has 2 aliphatic heterocycles. The Bertz CT molecular complexity index is 818. The predicted molar refractivity (Wildman–Crippen MR) is 110 cm³/mol. The summed E-state index contributed by atoms with van der Waals surface area (Å²) in [6.07, 6.45) is 2.66. The summed E-state index contributed by atoms with van der Waals surface area (Å²) in [5.41, 5.74) is 1.53. The Morgan fingerprint density at radius 2 is 2.00 bits per heavy atom. The predicted octanol–water partition coefficient (Wildman–Crippen LogP) is 1.56. The molecule has 1 aromatic rings. The molecule has 1 aromatic carbocycles. The van der Waals surface area contributed by atoms with Crippen LogP contribution in [0.4, 0.5) is 0 Å². The first-order chi connectivity index (χ1) is 12.9. The Kier molecular flexibility index (Phi) is 8.03. The molecular formula is C19H28ClN3O4S. The quantitative estimate of drug-likeness (QED) is 0.693. The smallest absolute Gasteiger partial charge is 0.251 e.